The number of nitrogens with zero attached hydrogens (tertiary/aromatic N) is 1. The maximum Gasteiger partial charge on any atom is 0.0471 e. The van der Waals surface area contributed by atoms with Gasteiger partial charge in [0.1, 0.15) is 0 Å². The molecule has 17 heavy (non-hydrogen) atoms. The summed E-state index contributed by atoms with van der Waals surface area (Å²) in [6.45, 7) is 3.31. The quantitative estimate of drug-likeness (QED) is 0.726. The molecule has 1 heterocycles. The molecule has 0 aromatic rings. The monoisotopic (exact) mass is 251 g/mol. The topological polar surface area (TPSA) is 3.24 Å². The standard InChI is InChI=1S/C15H25NS/c1-2-16-12-15(17)11-10-14(16)9-8-13-6-4-3-5-7-13/h10-14,17H,2-9H2,1H3. The molecule has 1 fully saturated rings. The van der Waals surface area contributed by atoms with Gasteiger partial charge in [-0.1, -0.05) is 38.2 Å². The summed E-state index contributed by atoms with van der Waals surface area (Å²) in [5.74, 6) is 0.997. The molecule has 1 aliphatic carbocycles. The van der Waals surface area contributed by atoms with Gasteiger partial charge in [-0.25, -0.2) is 0 Å². The van der Waals surface area contributed by atoms with E-state index in [0.717, 1.165) is 17.4 Å². The molecule has 1 atom stereocenters. The van der Waals surface area contributed by atoms with Crippen LogP contribution in [0, 0.1) is 5.92 Å². The van der Waals surface area contributed by atoms with E-state index in [4.69, 9.17) is 0 Å². The number of thiol groups is 1. The summed E-state index contributed by atoms with van der Waals surface area (Å²) in [5.41, 5.74) is 0. The first-order chi connectivity index (χ1) is 8.29. The first kappa shape index (κ1) is 13.1. The lowest BCUT2D eigenvalue weighted by molar-refractivity contribution is 0.269. The number of allylic oxidation sites excluding steroid dienone is 1. The lowest BCUT2D eigenvalue weighted by Gasteiger charge is -2.32. The average molecular weight is 251 g/mol. The lowest BCUT2D eigenvalue weighted by atomic mass is 9.85. The molecule has 0 bridgehead atoms. The van der Waals surface area contributed by atoms with Gasteiger partial charge in [0, 0.05) is 23.7 Å². The van der Waals surface area contributed by atoms with Crippen LogP contribution in [0.1, 0.15) is 51.9 Å². The van der Waals surface area contributed by atoms with E-state index in [2.05, 4.69) is 42.8 Å². The first-order valence-electron chi connectivity index (χ1n) is 7.14. The average Bonchev–Trinajstić information content (AvgIpc) is 2.38. The third kappa shape index (κ3) is 3.80. The van der Waals surface area contributed by atoms with E-state index >= 15 is 0 Å². The van der Waals surface area contributed by atoms with E-state index in [1.165, 1.54) is 44.9 Å². The summed E-state index contributed by atoms with van der Waals surface area (Å²) in [4.78, 5) is 3.51. The van der Waals surface area contributed by atoms with Crippen molar-refractivity contribution in [3.63, 3.8) is 0 Å². The Hall–Kier alpha value is -0.370. The Labute approximate surface area is 111 Å². The maximum atomic E-state index is 4.42. The highest BCUT2D eigenvalue weighted by Crippen LogP contribution is 2.29. The van der Waals surface area contributed by atoms with Crippen LogP contribution in [0.3, 0.4) is 0 Å². The van der Waals surface area contributed by atoms with Crippen LogP contribution in [-0.4, -0.2) is 17.5 Å². The normalized spacial score (nSPS) is 26.1. The van der Waals surface area contributed by atoms with Crippen LogP contribution in [0.4, 0.5) is 0 Å². The fourth-order valence-corrected chi connectivity index (χ4v) is 3.33. The summed E-state index contributed by atoms with van der Waals surface area (Å²) in [6, 6.07) is 0.609. The second-order valence-electron chi connectivity index (χ2n) is 5.39. The van der Waals surface area contributed by atoms with E-state index in [-0.39, 0.29) is 0 Å². The van der Waals surface area contributed by atoms with Gasteiger partial charge < -0.3 is 4.90 Å². The van der Waals surface area contributed by atoms with E-state index in [0.29, 0.717) is 6.04 Å². The van der Waals surface area contributed by atoms with Gasteiger partial charge in [-0.2, -0.15) is 0 Å². The Morgan fingerprint density at radius 1 is 1.24 bits per heavy atom. The van der Waals surface area contributed by atoms with Crippen molar-refractivity contribution in [1.29, 1.82) is 0 Å². The molecular weight excluding hydrogens is 226 g/mol. The van der Waals surface area contributed by atoms with Crippen LogP contribution in [0.25, 0.3) is 0 Å². The summed E-state index contributed by atoms with van der Waals surface area (Å²) in [5, 5.41) is 0. The van der Waals surface area contributed by atoms with Crippen molar-refractivity contribution in [3.8, 4) is 0 Å². The van der Waals surface area contributed by atoms with Crippen molar-refractivity contribution in [2.45, 2.75) is 57.9 Å². The molecule has 2 heteroatoms. The van der Waals surface area contributed by atoms with Crippen LogP contribution < -0.4 is 0 Å². The summed E-state index contributed by atoms with van der Waals surface area (Å²) >= 11 is 4.42. The number of hydrogen-bond donors (Lipinski definition) is 1. The van der Waals surface area contributed by atoms with Crippen LogP contribution in [0.5, 0.6) is 0 Å². The largest absolute Gasteiger partial charge is 0.370 e. The fraction of sp³-hybridized carbons (Fsp3) is 0.733. The van der Waals surface area contributed by atoms with Gasteiger partial charge in [-0.05, 0) is 31.8 Å². The highest BCUT2D eigenvalue weighted by atomic mass is 32.1. The van der Waals surface area contributed by atoms with E-state index in [1.807, 2.05) is 0 Å². The molecule has 0 amide bonds. The predicted octanol–water partition coefficient (Wildman–Crippen LogP) is 4.38. The van der Waals surface area contributed by atoms with Gasteiger partial charge >= 0.3 is 0 Å². The van der Waals surface area contributed by atoms with Gasteiger partial charge in [-0.15, -0.1) is 12.6 Å². The highest BCUT2D eigenvalue weighted by Gasteiger charge is 2.18. The molecule has 0 spiro atoms. The molecule has 1 nitrogen and oxygen atoms in total. The highest BCUT2D eigenvalue weighted by molar-refractivity contribution is 7.84. The van der Waals surface area contributed by atoms with Crippen molar-refractivity contribution < 1.29 is 0 Å². The fourth-order valence-electron chi connectivity index (χ4n) is 3.10. The molecule has 96 valence electrons. The molecule has 0 radical (unpaired) electrons. The Balaban J connectivity index is 1.80. The minimum absolute atomic E-state index is 0.609. The molecule has 0 aromatic heterocycles. The van der Waals surface area contributed by atoms with Crippen molar-refractivity contribution in [2.24, 2.45) is 5.92 Å². The SMILES string of the molecule is CCN1C=C(S)C=CC1CCC1CCCCC1. The van der Waals surface area contributed by atoms with Crippen LogP contribution in [0.2, 0.25) is 0 Å². The minimum atomic E-state index is 0.609. The Morgan fingerprint density at radius 2 is 2.00 bits per heavy atom. The molecule has 2 rings (SSSR count). The van der Waals surface area contributed by atoms with E-state index in [9.17, 15) is 0 Å². The molecule has 0 aromatic carbocycles. The smallest absolute Gasteiger partial charge is 0.0471 e. The molecule has 0 saturated heterocycles. The second-order valence-corrected chi connectivity index (χ2v) is 5.91. The van der Waals surface area contributed by atoms with Crippen molar-refractivity contribution >= 4 is 12.6 Å². The molecule has 0 N–H and O–H groups in total. The number of hydrogen-bond acceptors (Lipinski definition) is 2. The minimum Gasteiger partial charge on any atom is -0.370 e. The number of likely N-dealkylation sites (N-methyl/N-ethyl adjacent to an activating group) is 1. The molecule has 2 aliphatic rings. The van der Waals surface area contributed by atoms with Crippen LogP contribution >= 0.6 is 12.6 Å². The molecule has 1 aliphatic heterocycles. The zero-order valence-corrected chi connectivity index (χ0v) is 11.8. The first-order valence-corrected chi connectivity index (χ1v) is 7.59. The molecule has 1 saturated carbocycles. The van der Waals surface area contributed by atoms with Crippen molar-refractivity contribution in [3.05, 3.63) is 23.3 Å². The summed E-state index contributed by atoms with van der Waals surface area (Å²) in [6.07, 6.45) is 16.7. The third-order valence-corrected chi connectivity index (χ3v) is 4.44. The van der Waals surface area contributed by atoms with E-state index in [1.54, 1.807) is 0 Å². The lowest BCUT2D eigenvalue weighted by Crippen LogP contribution is -2.31. The Morgan fingerprint density at radius 3 is 2.71 bits per heavy atom. The van der Waals surface area contributed by atoms with Crippen LogP contribution in [-0.2, 0) is 0 Å². The maximum absolute atomic E-state index is 4.42. The van der Waals surface area contributed by atoms with Gasteiger partial charge in [-0.3, -0.25) is 0 Å². The van der Waals surface area contributed by atoms with E-state index < -0.39 is 0 Å². The van der Waals surface area contributed by atoms with Gasteiger partial charge in [0.05, 0.1) is 0 Å². The molecule has 1 unspecified atom stereocenters. The zero-order chi connectivity index (χ0) is 12.1. The zero-order valence-electron chi connectivity index (χ0n) is 10.9. The Kier molecular flexibility index (Phi) is 5.02. The summed E-state index contributed by atoms with van der Waals surface area (Å²) in [7, 11) is 0. The van der Waals surface area contributed by atoms with Gasteiger partial charge in [0.25, 0.3) is 0 Å². The Bertz CT molecular complexity index is 289. The second kappa shape index (κ2) is 6.53. The summed E-state index contributed by atoms with van der Waals surface area (Å²) < 4.78 is 0. The van der Waals surface area contributed by atoms with Crippen molar-refractivity contribution in [2.75, 3.05) is 6.54 Å². The number of rotatable bonds is 4. The van der Waals surface area contributed by atoms with Crippen molar-refractivity contribution in [1.82, 2.24) is 4.90 Å². The third-order valence-electron chi connectivity index (χ3n) is 4.17. The van der Waals surface area contributed by atoms with Gasteiger partial charge in [0.2, 0.25) is 0 Å². The van der Waals surface area contributed by atoms with Gasteiger partial charge in [0.15, 0.2) is 0 Å². The van der Waals surface area contributed by atoms with Crippen LogP contribution in [0.15, 0.2) is 23.3 Å². The molecular formula is C15H25NS. The predicted molar refractivity (Wildman–Crippen MR) is 78.2 cm³/mol.